The molecule has 7 heteroatoms. The smallest absolute Gasteiger partial charge is 0.265 e. The summed E-state index contributed by atoms with van der Waals surface area (Å²) in [5, 5.41) is 2.73. The fourth-order valence-corrected chi connectivity index (χ4v) is 2.71. The maximum absolute atomic E-state index is 11.9. The average molecular weight is 320 g/mol. The minimum absolute atomic E-state index is 0.113. The lowest BCUT2D eigenvalue weighted by atomic mass is 10.2. The highest BCUT2D eigenvalue weighted by Gasteiger charge is 2.19. The van der Waals surface area contributed by atoms with E-state index in [4.69, 9.17) is 15.4 Å². The lowest BCUT2D eigenvalue weighted by molar-refractivity contribution is 0.0952. The summed E-state index contributed by atoms with van der Waals surface area (Å²) in [6, 6.07) is 4.13. The molecule has 5 nitrogen and oxygen atoms in total. The van der Waals surface area contributed by atoms with Crippen LogP contribution in [0.4, 0.5) is 0 Å². The number of benzene rings is 1. The highest BCUT2D eigenvalue weighted by molar-refractivity contribution is 8.13. The van der Waals surface area contributed by atoms with E-state index in [1.54, 1.807) is 0 Å². The van der Waals surface area contributed by atoms with Crippen molar-refractivity contribution in [2.75, 3.05) is 13.7 Å². The molecule has 0 bridgehead atoms. The molecule has 0 saturated heterocycles. The van der Waals surface area contributed by atoms with Crippen LogP contribution >= 0.6 is 10.7 Å². The highest BCUT2D eigenvalue weighted by atomic mass is 35.7. The Morgan fingerprint density at radius 1 is 1.35 bits per heavy atom. The molecule has 1 aromatic rings. The summed E-state index contributed by atoms with van der Waals surface area (Å²) in [5.41, 5.74) is 0.238. The van der Waals surface area contributed by atoms with Gasteiger partial charge in [0.1, 0.15) is 10.6 Å². The molecular formula is C13H18ClNO4S. The van der Waals surface area contributed by atoms with Gasteiger partial charge in [0.05, 0.1) is 7.11 Å². The van der Waals surface area contributed by atoms with Crippen molar-refractivity contribution in [3.63, 3.8) is 0 Å². The summed E-state index contributed by atoms with van der Waals surface area (Å²) in [5.74, 6) is -0.215. The summed E-state index contributed by atoms with van der Waals surface area (Å²) in [7, 11) is 2.70. The molecule has 0 aliphatic carbocycles. The van der Waals surface area contributed by atoms with Gasteiger partial charge in [0, 0.05) is 22.8 Å². The molecule has 112 valence electrons. The minimum Gasteiger partial charge on any atom is -0.495 e. The van der Waals surface area contributed by atoms with Crippen LogP contribution in [0, 0.1) is 0 Å². The molecule has 0 atom stereocenters. The van der Waals surface area contributed by atoms with Crippen LogP contribution in [-0.2, 0) is 9.05 Å². The second-order valence-corrected chi connectivity index (χ2v) is 6.80. The Hall–Kier alpha value is -1.27. The molecule has 0 spiro atoms. The molecule has 20 heavy (non-hydrogen) atoms. The lowest BCUT2D eigenvalue weighted by Crippen LogP contribution is -2.24. The quantitative estimate of drug-likeness (QED) is 0.619. The van der Waals surface area contributed by atoms with E-state index in [1.807, 2.05) is 0 Å². The van der Waals surface area contributed by atoms with E-state index < -0.39 is 9.05 Å². The first-order valence-electron chi connectivity index (χ1n) is 6.31. The van der Waals surface area contributed by atoms with E-state index in [0.717, 1.165) is 19.3 Å². The van der Waals surface area contributed by atoms with E-state index in [2.05, 4.69) is 12.2 Å². The van der Waals surface area contributed by atoms with Gasteiger partial charge in [0.2, 0.25) is 0 Å². The zero-order valence-corrected chi connectivity index (χ0v) is 13.1. The summed E-state index contributed by atoms with van der Waals surface area (Å²) in [4.78, 5) is 11.7. The highest BCUT2D eigenvalue weighted by Crippen LogP contribution is 2.27. The largest absolute Gasteiger partial charge is 0.495 e. The summed E-state index contributed by atoms with van der Waals surface area (Å²) >= 11 is 0. The molecule has 0 saturated carbocycles. The van der Waals surface area contributed by atoms with Gasteiger partial charge in [-0.3, -0.25) is 4.79 Å². The zero-order chi connectivity index (χ0) is 15.2. The van der Waals surface area contributed by atoms with E-state index in [1.165, 1.54) is 25.3 Å². The summed E-state index contributed by atoms with van der Waals surface area (Å²) in [6.07, 6.45) is 2.98. The average Bonchev–Trinajstić information content (AvgIpc) is 2.41. The standard InChI is InChI=1S/C13H18ClNO4S/c1-3-4-5-8-15-13(16)10-6-7-11(19-2)12(9-10)20(14,17)18/h6-7,9H,3-5,8H2,1-2H3,(H,15,16). The van der Waals surface area contributed by atoms with E-state index in [0.29, 0.717) is 6.54 Å². The van der Waals surface area contributed by atoms with Gasteiger partial charge in [-0.25, -0.2) is 8.42 Å². The van der Waals surface area contributed by atoms with Crippen LogP contribution in [0.25, 0.3) is 0 Å². The first-order chi connectivity index (χ1) is 9.40. The molecular weight excluding hydrogens is 302 g/mol. The third-order valence-corrected chi connectivity index (χ3v) is 4.10. The normalized spacial score (nSPS) is 11.2. The molecule has 0 fully saturated rings. The SMILES string of the molecule is CCCCCNC(=O)c1ccc(OC)c(S(=O)(=O)Cl)c1. The van der Waals surface area contributed by atoms with Gasteiger partial charge in [0.25, 0.3) is 15.0 Å². The van der Waals surface area contributed by atoms with E-state index >= 15 is 0 Å². The van der Waals surface area contributed by atoms with Crippen LogP contribution in [-0.4, -0.2) is 28.0 Å². The molecule has 0 radical (unpaired) electrons. The third kappa shape index (κ3) is 4.68. The fraction of sp³-hybridized carbons (Fsp3) is 0.462. The Morgan fingerprint density at radius 3 is 2.60 bits per heavy atom. The number of amides is 1. The van der Waals surface area contributed by atoms with Crippen LogP contribution < -0.4 is 10.1 Å². The Balaban J connectivity index is 2.89. The fourth-order valence-electron chi connectivity index (χ4n) is 1.69. The molecule has 1 aromatic carbocycles. The maximum Gasteiger partial charge on any atom is 0.265 e. The number of hydrogen-bond acceptors (Lipinski definition) is 4. The number of carbonyl (C=O) groups is 1. The van der Waals surface area contributed by atoms with Gasteiger partial charge in [-0.1, -0.05) is 19.8 Å². The lowest BCUT2D eigenvalue weighted by Gasteiger charge is -2.09. The number of methoxy groups -OCH3 is 1. The van der Waals surface area contributed by atoms with Crippen molar-refractivity contribution in [3.05, 3.63) is 23.8 Å². The molecule has 1 N–H and O–H groups in total. The second-order valence-electron chi connectivity index (χ2n) is 4.27. The first kappa shape index (κ1) is 16.8. The first-order valence-corrected chi connectivity index (χ1v) is 8.62. The number of unbranched alkanes of at least 4 members (excludes halogenated alkanes) is 2. The van der Waals surface area contributed by atoms with Crippen molar-refractivity contribution in [2.45, 2.75) is 31.1 Å². The molecule has 0 heterocycles. The topological polar surface area (TPSA) is 72.5 Å². The van der Waals surface area contributed by atoms with Crippen molar-refractivity contribution in [2.24, 2.45) is 0 Å². The van der Waals surface area contributed by atoms with Crippen LogP contribution in [0.2, 0.25) is 0 Å². The van der Waals surface area contributed by atoms with Gasteiger partial charge < -0.3 is 10.1 Å². The molecule has 0 aromatic heterocycles. The number of ether oxygens (including phenoxy) is 1. The number of hydrogen-bond donors (Lipinski definition) is 1. The van der Waals surface area contributed by atoms with Gasteiger partial charge in [-0.15, -0.1) is 0 Å². The van der Waals surface area contributed by atoms with Crippen molar-refractivity contribution in [1.29, 1.82) is 0 Å². The summed E-state index contributed by atoms with van der Waals surface area (Å²) in [6.45, 7) is 2.63. The van der Waals surface area contributed by atoms with Crippen molar-refractivity contribution in [3.8, 4) is 5.75 Å². The Morgan fingerprint density at radius 2 is 2.05 bits per heavy atom. The van der Waals surface area contributed by atoms with Crippen molar-refractivity contribution in [1.82, 2.24) is 5.32 Å². The van der Waals surface area contributed by atoms with Crippen LogP contribution in [0.15, 0.2) is 23.1 Å². The third-order valence-electron chi connectivity index (χ3n) is 2.75. The van der Waals surface area contributed by atoms with Crippen LogP contribution in [0.3, 0.4) is 0 Å². The molecule has 1 amide bonds. The maximum atomic E-state index is 11.9. The van der Waals surface area contributed by atoms with Gasteiger partial charge >= 0.3 is 0 Å². The predicted molar refractivity (Wildman–Crippen MR) is 77.9 cm³/mol. The second kappa shape index (κ2) is 7.50. The van der Waals surface area contributed by atoms with E-state index in [-0.39, 0.29) is 22.1 Å². The van der Waals surface area contributed by atoms with Crippen molar-refractivity contribution >= 4 is 25.6 Å². The van der Waals surface area contributed by atoms with Crippen LogP contribution in [0.1, 0.15) is 36.5 Å². The van der Waals surface area contributed by atoms with Gasteiger partial charge in [-0.05, 0) is 24.6 Å². The Labute approximate surface area is 123 Å². The number of nitrogens with one attached hydrogen (secondary N) is 1. The number of halogens is 1. The molecule has 0 aliphatic heterocycles. The zero-order valence-electron chi connectivity index (χ0n) is 11.5. The molecule has 0 unspecified atom stereocenters. The monoisotopic (exact) mass is 319 g/mol. The van der Waals surface area contributed by atoms with Crippen molar-refractivity contribution < 1.29 is 17.9 Å². The van der Waals surface area contributed by atoms with Gasteiger partial charge in [-0.2, -0.15) is 0 Å². The molecule has 0 aliphatic rings. The predicted octanol–water partition coefficient (Wildman–Crippen LogP) is 2.54. The Kier molecular flexibility index (Phi) is 6.29. The Bertz CT molecular complexity index is 572. The number of rotatable bonds is 7. The van der Waals surface area contributed by atoms with E-state index in [9.17, 15) is 13.2 Å². The summed E-state index contributed by atoms with van der Waals surface area (Å²) < 4.78 is 27.8. The van der Waals surface area contributed by atoms with Crippen LogP contribution in [0.5, 0.6) is 5.75 Å². The number of carbonyl (C=O) groups excluding carboxylic acids is 1. The minimum atomic E-state index is -3.96. The molecule has 1 rings (SSSR count). The van der Waals surface area contributed by atoms with Gasteiger partial charge in [0.15, 0.2) is 0 Å².